The summed E-state index contributed by atoms with van der Waals surface area (Å²) in [7, 11) is -2.17. The molecule has 1 saturated heterocycles. The van der Waals surface area contributed by atoms with Gasteiger partial charge in [0.2, 0.25) is 11.8 Å². The van der Waals surface area contributed by atoms with E-state index in [-0.39, 0.29) is 40.6 Å². The highest BCUT2D eigenvalue weighted by molar-refractivity contribution is 6.80. The Morgan fingerprint density at radius 2 is 1.75 bits per heavy atom. The lowest BCUT2D eigenvalue weighted by atomic mass is 9.69. The van der Waals surface area contributed by atoms with Crippen molar-refractivity contribution in [1.29, 1.82) is 0 Å². The van der Waals surface area contributed by atoms with Crippen molar-refractivity contribution >= 4 is 26.0 Å². The smallest absolute Gasteiger partial charge is 0.267 e. The molecule has 1 aliphatic carbocycles. The standard InChI is InChI=1S/C29H44N2O4Si/c1-18(2)22-15-14-19(3)17-29(22)30(27(34)21-12-10-11-13-24(21)35-29)26(33)20(4)23-16-25(32)31(23)36(8,9)28(5,6)7/h10-13,18-20,22-23H,14-17H2,1-9H3/t19-,20+,22+,23-,29+/m0/s1. The maximum atomic E-state index is 14.4. The molecule has 2 aliphatic heterocycles. The van der Waals surface area contributed by atoms with E-state index in [0.29, 0.717) is 30.1 Å². The predicted octanol–water partition coefficient (Wildman–Crippen LogP) is 6.08. The Bertz CT molecular complexity index is 1060. The first-order chi connectivity index (χ1) is 16.6. The topological polar surface area (TPSA) is 66.9 Å². The Hall–Kier alpha value is -2.15. The summed E-state index contributed by atoms with van der Waals surface area (Å²) in [4.78, 5) is 42.9. The lowest BCUT2D eigenvalue weighted by molar-refractivity contribution is -0.181. The van der Waals surface area contributed by atoms with Crippen molar-refractivity contribution in [3.63, 3.8) is 0 Å². The molecule has 1 spiro atoms. The number of para-hydroxylation sites is 1. The maximum Gasteiger partial charge on any atom is 0.267 e. The third-order valence-electron chi connectivity index (χ3n) is 9.59. The Balaban J connectivity index is 1.77. The number of imide groups is 1. The van der Waals surface area contributed by atoms with Crippen LogP contribution in [0, 0.1) is 23.7 Å². The van der Waals surface area contributed by atoms with Gasteiger partial charge in [0.1, 0.15) is 5.75 Å². The molecular weight excluding hydrogens is 468 g/mol. The van der Waals surface area contributed by atoms with E-state index in [2.05, 4.69) is 54.6 Å². The number of nitrogens with zero attached hydrogens (tertiary/aromatic N) is 2. The first kappa shape index (κ1) is 26.9. The lowest BCUT2D eigenvalue weighted by Crippen LogP contribution is -2.73. The monoisotopic (exact) mass is 512 g/mol. The van der Waals surface area contributed by atoms with Crippen LogP contribution in [-0.2, 0) is 9.59 Å². The molecule has 0 radical (unpaired) electrons. The van der Waals surface area contributed by atoms with E-state index in [1.54, 1.807) is 6.07 Å². The third-order valence-corrected chi connectivity index (χ3v) is 15.0. The van der Waals surface area contributed by atoms with Crippen molar-refractivity contribution in [3.05, 3.63) is 29.8 Å². The van der Waals surface area contributed by atoms with Gasteiger partial charge < -0.3 is 9.30 Å². The number of hydrogen-bond acceptors (Lipinski definition) is 4. The first-order valence-corrected chi connectivity index (χ1v) is 16.6. The SMILES string of the molecule is CC(C)[C@H]1CC[C@H](C)C[C@@]12Oc1ccccc1C(=O)N2C(=O)[C@H](C)[C@@H]1CC(=O)N1[Si](C)(C)C(C)(C)C. The number of carbonyl (C=O) groups excluding carboxylic acids is 3. The fourth-order valence-electron chi connectivity index (χ4n) is 6.52. The summed E-state index contributed by atoms with van der Waals surface area (Å²) in [5.74, 6) is 0.346. The molecule has 0 N–H and O–H groups in total. The van der Waals surface area contributed by atoms with Crippen LogP contribution in [-0.4, -0.2) is 47.2 Å². The number of hydrogen-bond donors (Lipinski definition) is 0. The minimum absolute atomic E-state index is 0.0319. The molecule has 1 saturated carbocycles. The van der Waals surface area contributed by atoms with Crippen LogP contribution in [0.25, 0.3) is 0 Å². The average Bonchev–Trinajstić information content (AvgIpc) is 2.75. The molecule has 198 valence electrons. The van der Waals surface area contributed by atoms with Gasteiger partial charge in [-0.05, 0) is 41.8 Å². The zero-order chi connectivity index (χ0) is 26.8. The third kappa shape index (κ3) is 4.02. The quantitative estimate of drug-likeness (QED) is 0.362. The first-order valence-electron chi connectivity index (χ1n) is 13.6. The van der Waals surface area contributed by atoms with Gasteiger partial charge in [-0.1, -0.05) is 73.7 Å². The van der Waals surface area contributed by atoms with Crippen LogP contribution in [0.1, 0.15) is 84.5 Å². The summed E-state index contributed by atoms with van der Waals surface area (Å²) >= 11 is 0. The normalized spacial score (nSPS) is 29.7. The van der Waals surface area contributed by atoms with Crippen LogP contribution < -0.4 is 4.74 Å². The fourth-order valence-corrected chi connectivity index (χ4v) is 9.10. The van der Waals surface area contributed by atoms with Gasteiger partial charge >= 0.3 is 0 Å². The number of ether oxygens (including phenoxy) is 1. The van der Waals surface area contributed by atoms with E-state index >= 15 is 0 Å². The number of carbonyl (C=O) groups is 3. The Morgan fingerprint density at radius 3 is 2.33 bits per heavy atom. The summed E-state index contributed by atoms with van der Waals surface area (Å²) in [6.45, 7) is 19.4. The van der Waals surface area contributed by atoms with Gasteiger partial charge in [-0.15, -0.1) is 0 Å². The second kappa shape index (κ2) is 9.00. The summed E-state index contributed by atoms with van der Waals surface area (Å²) in [5, 5.41) is -0.0319. The van der Waals surface area contributed by atoms with Crippen molar-refractivity contribution < 1.29 is 19.1 Å². The number of benzene rings is 1. The van der Waals surface area contributed by atoms with Crippen molar-refractivity contribution in [2.75, 3.05) is 0 Å². The van der Waals surface area contributed by atoms with Crippen LogP contribution in [0.2, 0.25) is 18.1 Å². The summed E-state index contributed by atoms with van der Waals surface area (Å²) in [5.41, 5.74) is -0.562. The second-order valence-corrected chi connectivity index (χ2v) is 18.4. The van der Waals surface area contributed by atoms with Crippen LogP contribution >= 0.6 is 0 Å². The highest BCUT2D eigenvalue weighted by Crippen LogP contribution is 2.51. The molecule has 6 nitrogen and oxygen atoms in total. The fraction of sp³-hybridized carbons (Fsp3) is 0.690. The van der Waals surface area contributed by atoms with E-state index < -0.39 is 19.9 Å². The van der Waals surface area contributed by atoms with E-state index in [9.17, 15) is 14.4 Å². The highest BCUT2D eigenvalue weighted by Gasteiger charge is 2.60. The van der Waals surface area contributed by atoms with E-state index in [1.165, 1.54) is 4.90 Å². The van der Waals surface area contributed by atoms with Gasteiger partial charge in [-0.25, -0.2) is 4.90 Å². The number of rotatable bonds is 4. The molecule has 4 rings (SSSR count). The largest absolute Gasteiger partial charge is 0.466 e. The Labute approximate surface area is 217 Å². The predicted molar refractivity (Wildman–Crippen MR) is 144 cm³/mol. The van der Waals surface area contributed by atoms with Gasteiger partial charge in [-0.2, -0.15) is 0 Å². The highest BCUT2D eigenvalue weighted by atomic mass is 28.3. The molecule has 0 unspecified atom stereocenters. The minimum atomic E-state index is -2.17. The molecule has 0 aromatic heterocycles. The van der Waals surface area contributed by atoms with Crippen LogP contribution in [0.4, 0.5) is 0 Å². The maximum absolute atomic E-state index is 14.4. The van der Waals surface area contributed by atoms with Gasteiger partial charge in [-0.3, -0.25) is 14.4 Å². The average molecular weight is 513 g/mol. The number of β-lactam (4-membered cyclic amide) rings is 1. The molecule has 7 heteroatoms. The van der Waals surface area contributed by atoms with Crippen molar-refractivity contribution in [2.45, 2.75) is 104 Å². The van der Waals surface area contributed by atoms with Gasteiger partial charge in [0.25, 0.3) is 5.91 Å². The molecule has 1 aromatic rings. The summed E-state index contributed by atoms with van der Waals surface area (Å²) in [6, 6.07) is 7.11. The van der Waals surface area contributed by atoms with E-state index in [4.69, 9.17) is 4.74 Å². The molecule has 2 fully saturated rings. The minimum Gasteiger partial charge on any atom is -0.466 e. The Morgan fingerprint density at radius 1 is 1.11 bits per heavy atom. The zero-order valence-electron chi connectivity index (χ0n) is 23.6. The number of fused-ring (bicyclic) bond motifs is 1. The summed E-state index contributed by atoms with van der Waals surface area (Å²) in [6.07, 6.45) is 2.95. The molecule has 0 bridgehead atoms. The van der Waals surface area contributed by atoms with Crippen molar-refractivity contribution in [3.8, 4) is 5.75 Å². The molecular formula is C29H44N2O4Si. The van der Waals surface area contributed by atoms with Crippen molar-refractivity contribution in [2.24, 2.45) is 23.7 Å². The number of amides is 3. The molecule has 1 aromatic carbocycles. The van der Waals surface area contributed by atoms with Crippen molar-refractivity contribution in [1.82, 2.24) is 9.47 Å². The van der Waals surface area contributed by atoms with Gasteiger partial charge in [0, 0.05) is 24.8 Å². The van der Waals surface area contributed by atoms with Gasteiger partial charge in [0.15, 0.2) is 14.0 Å². The molecule has 2 heterocycles. The Kier molecular flexibility index (Phi) is 6.72. The van der Waals surface area contributed by atoms with Crippen LogP contribution in [0.3, 0.4) is 0 Å². The zero-order valence-corrected chi connectivity index (χ0v) is 24.6. The molecule has 36 heavy (non-hydrogen) atoms. The summed E-state index contributed by atoms with van der Waals surface area (Å²) < 4.78 is 8.80. The van der Waals surface area contributed by atoms with Crippen LogP contribution in [0.5, 0.6) is 5.75 Å². The molecule has 3 aliphatic rings. The lowest BCUT2D eigenvalue weighted by Gasteiger charge is -2.58. The second-order valence-electron chi connectivity index (χ2n) is 13.3. The van der Waals surface area contributed by atoms with E-state index in [1.807, 2.05) is 29.7 Å². The van der Waals surface area contributed by atoms with Gasteiger partial charge in [0.05, 0.1) is 11.5 Å². The van der Waals surface area contributed by atoms with Crippen LogP contribution in [0.15, 0.2) is 24.3 Å². The molecule has 5 atom stereocenters. The molecule has 3 amide bonds. The van der Waals surface area contributed by atoms with E-state index in [0.717, 1.165) is 12.8 Å².